The number of anilines is 1. The van der Waals surface area contributed by atoms with Crippen LogP contribution in [-0.2, 0) is 4.74 Å². The van der Waals surface area contributed by atoms with Crippen LogP contribution in [0.15, 0.2) is 6.07 Å². The Labute approximate surface area is 73.5 Å². The van der Waals surface area contributed by atoms with Crippen molar-refractivity contribution in [3.8, 4) is 0 Å². The first-order valence-corrected chi connectivity index (χ1v) is 3.40. The average Bonchev–Trinajstić information content (AvgIpc) is 2.08. The van der Waals surface area contributed by atoms with Crippen molar-refractivity contribution in [3.63, 3.8) is 0 Å². The van der Waals surface area contributed by atoms with E-state index in [1.54, 1.807) is 0 Å². The summed E-state index contributed by atoms with van der Waals surface area (Å²) in [6, 6.07) is 1.31. The molecule has 0 radical (unpaired) electrons. The molecule has 0 aliphatic rings. The number of hydrogen-bond acceptors (Lipinski definition) is 5. The van der Waals surface area contributed by atoms with Crippen LogP contribution in [0.4, 0.5) is 5.82 Å². The summed E-state index contributed by atoms with van der Waals surface area (Å²) in [5.41, 5.74) is 5.40. The van der Waals surface area contributed by atoms with Crippen LogP contribution in [0.2, 0.25) is 5.15 Å². The number of esters is 1. The molecule has 0 saturated heterocycles. The number of nitrogen functional groups attached to an aromatic ring is 1. The molecule has 0 aromatic carbocycles. The summed E-state index contributed by atoms with van der Waals surface area (Å²) in [7, 11) is 1.25. The van der Waals surface area contributed by atoms with Crippen LogP contribution >= 0.6 is 11.6 Å². The second-order valence-corrected chi connectivity index (χ2v) is 2.32. The molecule has 2 N–H and O–H groups in total. The van der Waals surface area contributed by atoms with E-state index >= 15 is 0 Å². The number of nitrogens with zero attached hydrogens (tertiary/aromatic N) is 2. The van der Waals surface area contributed by atoms with E-state index in [-0.39, 0.29) is 16.5 Å². The van der Waals surface area contributed by atoms with Gasteiger partial charge in [0, 0.05) is 0 Å². The zero-order valence-corrected chi connectivity index (χ0v) is 7.00. The van der Waals surface area contributed by atoms with Crippen molar-refractivity contribution in [1.29, 1.82) is 0 Å². The van der Waals surface area contributed by atoms with Gasteiger partial charge in [-0.15, -0.1) is 10.2 Å². The van der Waals surface area contributed by atoms with Crippen LogP contribution in [0.5, 0.6) is 0 Å². The molecule has 0 aliphatic heterocycles. The van der Waals surface area contributed by atoms with Crippen molar-refractivity contribution < 1.29 is 9.53 Å². The van der Waals surface area contributed by atoms with Gasteiger partial charge in [-0.25, -0.2) is 4.79 Å². The largest absolute Gasteiger partial charge is 0.465 e. The predicted octanol–water partition coefficient (Wildman–Crippen LogP) is 0.499. The molecule has 1 heterocycles. The van der Waals surface area contributed by atoms with Crippen LogP contribution in [0, 0.1) is 0 Å². The van der Waals surface area contributed by atoms with Gasteiger partial charge in [0.1, 0.15) is 11.4 Å². The quantitative estimate of drug-likeness (QED) is 0.648. The van der Waals surface area contributed by atoms with Crippen molar-refractivity contribution in [1.82, 2.24) is 10.2 Å². The lowest BCUT2D eigenvalue weighted by Crippen LogP contribution is -2.06. The van der Waals surface area contributed by atoms with Gasteiger partial charge in [-0.3, -0.25) is 0 Å². The van der Waals surface area contributed by atoms with Crippen molar-refractivity contribution in [3.05, 3.63) is 16.8 Å². The topological polar surface area (TPSA) is 78.1 Å². The third-order valence-corrected chi connectivity index (χ3v) is 1.45. The van der Waals surface area contributed by atoms with E-state index in [0.717, 1.165) is 0 Å². The van der Waals surface area contributed by atoms with Crippen LogP contribution in [0.1, 0.15) is 10.4 Å². The molecule has 1 rings (SSSR count). The molecule has 12 heavy (non-hydrogen) atoms. The SMILES string of the molecule is COC(=O)c1cc(N)nnc1Cl. The summed E-state index contributed by atoms with van der Waals surface area (Å²) in [4.78, 5) is 11.0. The van der Waals surface area contributed by atoms with Gasteiger partial charge in [0.15, 0.2) is 5.15 Å². The highest BCUT2D eigenvalue weighted by atomic mass is 35.5. The Morgan fingerprint density at radius 2 is 2.33 bits per heavy atom. The maximum absolute atomic E-state index is 11.0. The molecule has 1 aromatic heterocycles. The standard InChI is InChI=1S/C6H6ClN3O2/c1-12-6(11)3-2-4(8)9-10-5(3)7/h2H,1H3,(H2,8,9). The normalized spacial score (nSPS) is 9.50. The zero-order chi connectivity index (χ0) is 9.14. The van der Waals surface area contributed by atoms with E-state index in [0.29, 0.717) is 0 Å². The number of carbonyl (C=O) groups is 1. The van der Waals surface area contributed by atoms with E-state index in [4.69, 9.17) is 17.3 Å². The fraction of sp³-hybridized carbons (Fsp3) is 0.167. The average molecular weight is 188 g/mol. The van der Waals surface area contributed by atoms with Crippen LogP contribution in [-0.4, -0.2) is 23.3 Å². The summed E-state index contributed by atoms with van der Waals surface area (Å²) in [6.45, 7) is 0. The Hall–Kier alpha value is -1.36. The maximum Gasteiger partial charge on any atom is 0.341 e. The van der Waals surface area contributed by atoms with Gasteiger partial charge in [-0.1, -0.05) is 11.6 Å². The minimum atomic E-state index is -0.582. The smallest absolute Gasteiger partial charge is 0.341 e. The molecule has 0 spiro atoms. The third-order valence-electron chi connectivity index (χ3n) is 1.17. The Kier molecular flexibility index (Phi) is 2.44. The maximum atomic E-state index is 11.0. The summed E-state index contributed by atoms with van der Waals surface area (Å²) < 4.78 is 4.43. The fourth-order valence-electron chi connectivity index (χ4n) is 0.645. The van der Waals surface area contributed by atoms with Crippen molar-refractivity contribution in [2.75, 3.05) is 12.8 Å². The lowest BCUT2D eigenvalue weighted by molar-refractivity contribution is 0.0600. The Morgan fingerprint density at radius 1 is 1.67 bits per heavy atom. The molecule has 0 unspecified atom stereocenters. The molecule has 6 heteroatoms. The first kappa shape index (κ1) is 8.73. The predicted molar refractivity (Wildman–Crippen MR) is 42.8 cm³/mol. The summed E-state index contributed by atoms with van der Waals surface area (Å²) in [5, 5.41) is 6.86. The highest BCUT2D eigenvalue weighted by Crippen LogP contribution is 2.13. The van der Waals surface area contributed by atoms with Gasteiger partial charge in [0.2, 0.25) is 0 Å². The number of methoxy groups -OCH3 is 1. The molecular formula is C6H6ClN3O2. The van der Waals surface area contributed by atoms with Crippen molar-refractivity contribution in [2.45, 2.75) is 0 Å². The lowest BCUT2D eigenvalue weighted by atomic mass is 10.3. The molecule has 0 aliphatic carbocycles. The van der Waals surface area contributed by atoms with Crippen molar-refractivity contribution >= 4 is 23.4 Å². The molecule has 0 amide bonds. The number of hydrogen-bond donors (Lipinski definition) is 1. The first-order valence-electron chi connectivity index (χ1n) is 3.02. The van der Waals surface area contributed by atoms with Gasteiger partial charge in [0.25, 0.3) is 0 Å². The van der Waals surface area contributed by atoms with E-state index in [1.165, 1.54) is 13.2 Å². The van der Waals surface area contributed by atoms with Crippen LogP contribution < -0.4 is 5.73 Å². The third kappa shape index (κ3) is 1.62. The van der Waals surface area contributed by atoms with E-state index in [2.05, 4.69) is 14.9 Å². The number of ether oxygens (including phenoxy) is 1. The molecule has 0 fully saturated rings. The number of rotatable bonds is 1. The fourth-order valence-corrected chi connectivity index (χ4v) is 0.814. The first-order chi connectivity index (χ1) is 5.65. The highest BCUT2D eigenvalue weighted by molar-refractivity contribution is 6.32. The van der Waals surface area contributed by atoms with Crippen LogP contribution in [0.3, 0.4) is 0 Å². The highest BCUT2D eigenvalue weighted by Gasteiger charge is 2.12. The van der Waals surface area contributed by atoms with Gasteiger partial charge in [-0.2, -0.15) is 0 Å². The molecule has 0 saturated carbocycles. The lowest BCUT2D eigenvalue weighted by Gasteiger charge is -2.00. The minimum absolute atomic E-state index is 0.0175. The molecule has 1 aromatic rings. The van der Waals surface area contributed by atoms with Crippen LogP contribution in [0.25, 0.3) is 0 Å². The summed E-state index contributed by atoms with van der Waals surface area (Å²) in [5.74, 6) is -0.457. The Balaban J connectivity index is 3.13. The van der Waals surface area contributed by atoms with Gasteiger partial charge in [0.05, 0.1) is 7.11 Å². The second-order valence-electron chi connectivity index (χ2n) is 1.97. The minimum Gasteiger partial charge on any atom is -0.465 e. The Morgan fingerprint density at radius 3 is 2.92 bits per heavy atom. The molecule has 0 atom stereocenters. The molecule has 0 bridgehead atoms. The zero-order valence-electron chi connectivity index (χ0n) is 6.24. The number of aromatic nitrogens is 2. The molecular weight excluding hydrogens is 182 g/mol. The van der Waals surface area contributed by atoms with Gasteiger partial charge in [-0.05, 0) is 6.07 Å². The van der Waals surface area contributed by atoms with E-state index < -0.39 is 5.97 Å². The summed E-state index contributed by atoms with van der Waals surface area (Å²) >= 11 is 5.54. The van der Waals surface area contributed by atoms with Gasteiger partial charge < -0.3 is 10.5 Å². The van der Waals surface area contributed by atoms with E-state index in [9.17, 15) is 4.79 Å². The summed E-state index contributed by atoms with van der Waals surface area (Å²) in [6.07, 6.45) is 0. The molecule has 64 valence electrons. The Bertz CT molecular complexity index is 316. The number of nitrogens with two attached hydrogens (primary N) is 1. The van der Waals surface area contributed by atoms with Crippen molar-refractivity contribution in [2.24, 2.45) is 0 Å². The number of carbonyl (C=O) groups excluding carboxylic acids is 1. The monoisotopic (exact) mass is 187 g/mol. The van der Waals surface area contributed by atoms with E-state index in [1.807, 2.05) is 0 Å². The molecule has 5 nitrogen and oxygen atoms in total. The van der Waals surface area contributed by atoms with Gasteiger partial charge >= 0.3 is 5.97 Å². The second kappa shape index (κ2) is 3.36. The number of halogens is 1.